The molecule has 0 atom stereocenters. The second-order valence-corrected chi connectivity index (χ2v) is 4.39. The molecule has 2 N–H and O–H groups in total. The minimum Gasteiger partial charge on any atom is -0.466 e. The lowest BCUT2D eigenvalue weighted by molar-refractivity contribution is 0.483. The number of hydrogen-bond acceptors (Lipinski definition) is 3. The third-order valence-corrected chi connectivity index (χ3v) is 2.89. The van der Waals surface area contributed by atoms with E-state index < -0.39 is 0 Å². The Labute approximate surface area is 106 Å². The summed E-state index contributed by atoms with van der Waals surface area (Å²) in [6.07, 6.45) is 0.793. The van der Waals surface area contributed by atoms with Gasteiger partial charge in [-0.2, -0.15) is 0 Å². The maximum absolute atomic E-state index is 13.0. The number of benzene rings is 1. The number of furan rings is 1. The van der Waals surface area contributed by atoms with Crippen LogP contribution in [0.2, 0.25) is 0 Å². The molecule has 3 nitrogen and oxygen atoms in total. The summed E-state index contributed by atoms with van der Waals surface area (Å²) >= 11 is 0. The van der Waals surface area contributed by atoms with Crippen molar-refractivity contribution in [1.82, 2.24) is 0 Å². The molecule has 1 heterocycles. The molecule has 0 amide bonds. The molecular formula is C14H17FN2O. The van der Waals surface area contributed by atoms with E-state index in [2.05, 4.69) is 0 Å². The van der Waals surface area contributed by atoms with Crippen LogP contribution in [0.25, 0.3) is 0 Å². The first-order chi connectivity index (χ1) is 8.56. The quantitative estimate of drug-likeness (QED) is 0.846. The van der Waals surface area contributed by atoms with Crippen molar-refractivity contribution in [1.29, 1.82) is 0 Å². The topological polar surface area (TPSA) is 42.4 Å². The molecule has 96 valence electrons. The molecule has 0 aliphatic carbocycles. The minimum atomic E-state index is -0.314. The Balaban J connectivity index is 2.01. The van der Waals surface area contributed by atoms with E-state index in [1.54, 1.807) is 6.07 Å². The van der Waals surface area contributed by atoms with Gasteiger partial charge in [-0.25, -0.2) is 4.39 Å². The summed E-state index contributed by atoms with van der Waals surface area (Å²) in [6, 6.07) is 8.36. The van der Waals surface area contributed by atoms with Gasteiger partial charge in [0.1, 0.15) is 17.3 Å². The number of anilines is 2. The van der Waals surface area contributed by atoms with E-state index in [1.165, 1.54) is 12.1 Å². The van der Waals surface area contributed by atoms with E-state index in [0.717, 1.165) is 30.2 Å². The zero-order chi connectivity index (χ0) is 13.1. The fourth-order valence-corrected chi connectivity index (χ4v) is 1.89. The normalized spacial score (nSPS) is 10.6. The Morgan fingerprint density at radius 2 is 2.06 bits per heavy atom. The second kappa shape index (κ2) is 5.12. The molecule has 2 rings (SSSR count). The van der Waals surface area contributed by atoms with E-state index in [4.69, 9.17) is 10.2 Å². The van der Waals surface area contributed by atoms with Crippen LogP contribution in [0.1, 0.15) is 11.5 Å². The SMILES string of the molecule is Cc1ccc(CCN(C)c2ccc(F)cc2N)o1. The van der Waals surface area contributed by atoms with Crippen LogP contribution in [0.3, 0.4) is 0 Å². The van der Waals surface area contributed by atoms with Crippen LogP contribution in [0, 0.1) is 12.7 Å². The van der Waals surface area contributed by atoms with Gasteiger partial charge < -0.3 is 15.1 Å². The third kappa shape index (κ3) is 2.83. The average molecular weight is 248 g/mol. The Hall–Kier alpha value is -1.97. The number of nitrogens with zero attached hydrogens (tertiary/aromatic N) is 1. The maximum atomic E-state index is 13.0. The summed E-state index contributed by atoms with van der Waals surface area (Å²) < 4.78 is 18.5. The molecule has 0 saturated heterocycles. The summed E-state index contributed by atoms with van der Waals surface area (Å²) in [5.74, 6) is 1.54. The molecule has 0 unspecified atom stereocenters. The van der Waals surface area contributed by atoms with Crippen molar-refractivity contribution in [2.45, 2.75) is 13.3 Å². The van der Waals surface area contributed by atoms with Gasteiger partial charge in [0.05, 0.1) is 11.4 Å². The summed E-state index contributed by atoms with van der Waals surface area (Å²) in [7, 11) is 1.93. The second-order valence-electron chi connectivity index (χ2n) is 4.39. The van der Waals surface area contributed by atoms with Gasteiger partial charge in [0.2, 0.25) is 0 Å². The van der Waals surface area contributed by atoms with Crippen LogP contribution in [0.5, 0.6) is 0 Å². The lowest BCUT2D eigenvalue weighted by Crippen LogP contribution is -2.21. The van der Waals surface area contributed by atoms with Gasteiger partial charge in [-0.1, -0.05) is 0 Å². The summed E-state index contributed by atoms with van der Waals surface area (Å²) in [6.45, 7) is 2.69. The Bertz CT molecular complexity index is 536. The van der Waals surface area contributed by atoms with Gasteiger partial charge in [-0.15, -0.1) is 0 Å². The number of rotatable bonds is 4. The summed E-state index contributed by atoms with van der Waals surface area (Å²) in [5, 5.41) is 0. The highest BCUT2D eigenvalue weighted by Gasteiger charge is 2.07. The number of nitrogen functional groups attached to an aromatic ring is 1. The summed E-state index contributed by atoms with van der Waals surface area (Å²) in [5.41, 5.74) is 7.08. The van der Waals surface area contributed by atoms with Crippen molar-refractivity contribution in [2.24, 2.45) is 0 Å². The van der Waals surface area contributed by atoms with E-state index in [9.17, 15) is 4.39 Å². The highest BCUT2D eigenvalue weighted by Crippen LogP contribution is 2.23. The lowest BCUT2D eigenvalue weighted by Gasteiger charge is -2.20. The Morgan fingerprint density at radius 1 is 1.28 bits per heavy atom. The van der Waals surface area contributed by atoms with Crippen molar-refractivity contribution < 1.29 is 8.81 Å². The fraction of sp³-hybridized carbons (Fsp3) is 0.286. The molecular weight excluding hydrogens is 231 g/mol. The predicted octanol–water partition coefficient (Wildman–Crippen LogP) is 2.99. The fourth-order valence-electron chi connectivity index (χ4n) is 1.89. The Kier molecular flexibility index (Phi) is 3.55. The molecule has 2 aromatic rings. The van der Waals surface area contributed by atoms with Crippen LogP contribution in [-0.4, -0.2) is 13.6 Å². The summed E-state index contributed by atoms with van der Waals surface area (Å²) in [4.78, 5) is 1.99. The molecule has 0 saturated carbocycles. The van der Waals surface area contributed by atoms with Gasteiger partial charge in [0.15, 0.2) is 0 Å². The highest BCUT2D eigenvalue weighted by molar-refractivity contribution is 5.67. The number of aryl methyl sites for hydroxylation is 1. The number of hydrogen-bond donors (Lipinski definition) is 1. The maximum Gasteiger partial charge on any atom is 0.125 e. The zero-order valence-electron chi connectivity index (χ0n) is 10.6. The van der Waals surface area contributed by atoms with Gasteiger partial charge in [0.25, 0.3) is 0 Å². The third-order valence-electron chi connectivity index (χ3n) is 2.89. The van der Waals surface area contributed by atoms with Crippen LogP contribution >= 0.6 is 0 Å². The lowest BCUT2D eigenvalue weighted by atomic mass is 10.2. The van der Waals surface area contributed by atoms with Gasteiger partial charge >= 0.3 is 0 Å². The van der Waals surface area contributed by atoms with E-state index >= 15 is 0 Å². The first kappa shape index (κ1) is 12.5. The average Bonchev–Trinajstić information content (AvgIpc) is 2.72. The van der Waals surface area contributed by atoms with Crippen LogP contribution in [0.15, 0.2) is 34.7 Å². The minimum absolute atomic E-state index is 0.314. The van der Waals surface area contributed by atoms with Crippen molar-refractivity contribution in [3.8, 4) is 0 Å². The predicted molar refractivity (Wildman–Crippen MR) is 71.2 cm³/mol. The van der Waals surface area contributed by atoms with Crippen molar-refractivity contribution in [2.75, 3.05) is 24.2 Å². The molecule has 0 bridgehead atoms. The van der Waals surface area contributed by atoms with Crippen molar-refractivity contribution in [3.05, 3.63) is 47.7 Å². The number of nitrogens with two attached hydrogens (primary N) is 1. The molecule has 0 spiro atoms. The molecule has 1 aromatic heterocycles. The highest BCUT2D eigenvalue weighted by atomic mass is 19.1. The van der Waals surface area contributed by atoms with Gasteiger partial charge in [0, 0.05) is 20.0 Å². The molecule has 0 radical (unpaired) electrons. The zero-order valence-corrected chi connectivity index (χ0v) is 10.6. The van der Waals surface area contributed by atoms with Gasteiger partial charge in [-0.3, -0.25) is 0 Å². The van der Waals surface area contributed by atoms with E-state index in [1.807, 2.05) is 31.0 Å². The molecule has 1 aromatic carbocycles. The van der Waals surface area contributed by atoms with Crippen LogP contribution in [0.4, 0.5) is 15.8 Å². The molecule has 0 aliphatic heterocycles. The smallest absolute Gasteiger partial charge is 0.125 e. The van der Waals surface area contributed by atoms with Gasteiger partial charge in [-0.05, 0) is 37.3 Å². The Morgan fingerprint density at radius 3 is 2.67 bits per heavy atom. The monoisotopic (exact) mass is 248 g/mol. The van der Waals surface area contributed by atoms with Crippen LogP contribution < -0.4 is 10.6 Å². The van der Waals surface area contributed by atoms with E-state index in [0.29, 0.717) is 5.69 Å². The van der Waals surface area contributed by atoms with Crippen molar-refractivity contribution in [3.63, 3.8) is 0 Å². The molecule has 4 heteroatoms. The first-order valence-electron chi connectivity index (χ1n) is 5.88. The number of likely N-dealkylation sites (N-methyl/N-ethyl adjacent to an activating group) is 1. The number of halogens is 1. The first-order valence-corrected chi connectivity index (χ1v) is 5.88. The van der Waals surface area contributed by atoms with Crippen LogP contribution in [-0.2, 0) is 6.42 Å². The molecule has 18 heavy (non-hydrogen) atoms. The molecule has 0 aliphatic rings. The molecule has 0 fully saturated rings. The largest absolute Gasteiger partial charge is 0.466 e. The van der Waals surface area contributed by atoms with E-state index in [-0.39, 0.29) is 5.82 Å². The van der Waals surface area contributed by atoms with Crippen molar-refractivity contribution >= 4 is 11.4 Å². The standard InChI is InChI=1S/C14H17FN2O/c1-10-3-5-12(18-10)7-8-17(2)14-6-4-11(15)9-13(14)16/h3-6,9H,7-8,16H2,1-2H3.